The van der Waals surface area contributed by atoms with E-state index in [9.17, 15) is 4.79 Å². The third-order valence-electron chi connectivity index (χ3n) is 5.81. The molecule has 0 bridgehead atoms. The second kappa shape index (κ2) is 11.3. The number of carbonyl (C=O) groups excluding carboxylic acids is 1. The Morgan fingerprint density at radius 1 is 0.848 bits per heavy atom. The number of rotatable bonds is 7. The molecule has 0 aromatic heterocycles. The first kappa shape index (κ1) is 22.6. The van der Waals surface area contributed by atoms with Crippen molar-refractivity contribution < 1.29 is 14.3 Å². The van der Waals surface area contributed by atoms with E-state index in [-0.39, 0.29) is 6.03 Å². The number of amides is 2. The number of hydrogen-bond donors (Lipinski definition) is 1. The first-order valence-electron chi connectivity index (χ1n) is 11.3. The minimum atomic E-state index is -0.0311. The Hall–Kier alpha value is -3.57. The molecule has 0 unspecified atom stereocenters. The van der Waals surface area contributed by atoms with Gasteiger partial charge >= 0.3 is 6.03 Å². The molecular weight excluding hydrogens is 412 g/mol. The van der Waals surface area contributed by atoms with Crippen LogP contribution in [0.2, 0.25) is 0 Å². The molecule has 0 aliphatic carbocycles. The fourth-order valence-corrected chi connectivity index (χ4v) is 4.10. The fraction of sp³-hybridized carbons (Fsp3) is 0.250. The number of hydrogen-bond acceptors (Lipinski definition) is 3. The van der Waals surface area contributed by atoms with Gasteiger partial charge in [0.15, 0.2) is 0 Å². The van der Waals surface area contributed by atoms with Crippen molar-refractivity contribution in [2.45, 2.75) is 6.42 Å². The highest BCUT2D eigenvalue weighted by atomic mass is 16.5. The summed E-state index contributed by atoms with van der Waals surface area (Å²) in [5.41, 5.74) is 5.74. The molecule has 3 aromatic rings. The minimum Gasteiger partial charge on any atom is -0.497 e. The van der Waals surface area contributed by atoms with Crippen LogP contribution in [0.5, 0.6) is 5.75 Å². The standard InChI is InChI=1S/C28H30N2O3/c1-32-25-14-12-24(13-15-25)27(23-10-6-3-7-11-23)26(22-8-4-2-5-9-22)16-17-29-28(31)30-18-20-33-21-19-30/h2-15H,16-21H2,1H3,(H,29,31). The van der Waals surface area contributed by atoms with E-state index >= 15 is 0 Å². The monoisotopic (exact) mass is 442 g/mol. The van der Waals surface area contributed by atoms with Crippen LogP contribution in [0.15, 0.2) is 84.9 Å². The number of nitrogens with one attached hydrogen (secondary N) is 1. The van der Waals surface area contributed by atoms with Crippen LogP contribution in [0.1, 0.15) is 23.1 Å². The molecule has 1 fully saturated rings. The third-order valence-corrected chi connectivity index (χ3v) is 5.81. The molecule has 1 aliphatic heterocycles. The predicted octanol–water partition coefficient (Wildman–Crippen LogP) is 5.09. The number of urea groups is 1. The Morgan fingerprint density at radius 2 is 1.42 bits per heavy atom. The molecule has 3 aromatic carbocycles. The molecule has 1 N–H and O–H groups in total. The zero-order valence-electron chi connectivity index (χ0n) is 19.0. The van der Waals surface area contributed by atoms with Crippen LogP contribution in [0.3, 0.4) is 0 Å². The molecule has 0 spiro atoms. The van der Waals surface area contributed by atoms with Crippen LogP contribution in [0.4, 0.5) is 4.79 Å². The lowest BCUT2D eigenvalue weighted by atomic mass is 9.88. The van der Waals surface area contributed by atoms with Crippen LogP contribution in [-0.4, -0.2) is 50.9 Å². The van der Waals surface area contributed by atoms with Gasteiger partial charge in [-0.05, 0) is 46.4 Å². The van der Waals surface area contributed by atoms with E-state index in [1.165, 1.54) is 5.57 Å². The van der Waals surface area contributed by atoms with E-state index in [2.05, 4.69) is 66.0 Å². The average Bonchev–Trinajstić information content (AvgIpc) is 2.90. The fourth-order valence-electron chi connectivity index (χ4n) is 4.10. The van der Waals surface area contributed by atoms with Crippen molar-refractivity contribution in [1.82, 2.24) is 10.2 Å². The Balaban J connectivity index is 1.69. The molecule has 1 aliphatic rings. The van der Waals surface area contributed by atoms with E-state index in [1.54, 1.807) is 7.11 Å². The lowest BCUT2D eigenvalue weighted by Crippen LogP contribution is -2.46. The molecule has 0 radical (unpaired) electrons. The van der Waals surface area contributed by atoms with Gasteiger partial charge in [0.25, 0.3) is 0 Å². The van der Waals surface area contributed by atoms with Gasteiger partial charge in [0.2, 0.25) is 0 Å². The van der Waals surface area contributed by atoms with Crippen molar-refractivity contribution in [1.29, 1.82) is 0 Å². The average molecular weight is 443 g/mol. The maximum atomic E-state index is 12.6. The van der Waals surface area contributed by atoms with E-state index in [1.807, 2.05) is 29.2 Å². The summed E-state index contributed by atoms with van der Waals surface area (Å²) in [5.74, 6) is 0.824. The highest BCUT2D eigenvalue weighted by molar-refractivity contribution is 5.98. The maximum Gasteiger partial charge on any atom is 0.317 e. The van der Waals surface area contributed by atoms with Gasteiger partial charge in [-0.25, -0.2) is 4.79 Å². The summed E-state index contributed by atoms with van der Waals surface area (Å²) in [7, 11) is 1.68. The van der Waals surface area contributed by atoms with Gasteiger partial charge < -0.3 is 19.7 Å². The van der Waals surface area contributed by atoms with Gasteiger partial charge in [-0.1, -0.05) is 72.8 Å². The largest absolute Gasteiger partial charge is 0.497 e. The van der Waals surface area contributed by atoms with Crippen molar-refractivity contribution in [3.8, 4) is 5.75 Å². The molecule has 0 saturated carbocycles. The number of morpholine rings is 1. The summed E-state index contributed by atoms with van der Waals surface area (Å²) in [5, 5.41) is 3.11. The van der Waals surface area contributed by atoms with Gasteiger partial charge in [0, 0.05) is 19.6 Å². The van der Waals surface area contributed by atoms with Crippen LogP contribution >= 0.6 is 0 Å². The summed E-state index contributed by atoms with van der Waals surface area (Å²) >= 11 is 0. The van der Waals surface area contributed by atoms with E-state index in [0.29, 0.717) is 39.3 Å². The number of carbonyl (C=O) groups is 1. The van der Waals surface area contributed by atoms with Gasteiger partial charge in [0.05, 0.1) is 20.3 Å². The lowest BCUT2D eigenvalue weighted by molar-refractivity contribution is 0.0533. The van der Waals surface area contributed by atoms with E-state index in [0.717, 1.165) is 28.0 Å². The molecule has 5 nitrogen and oxygen atoms in total. The first-order valence-corrected chi connectivity index (χ1v) is 11.3. The SMILES string of the molecule is COc1ccc(C(=C(CCNC(=O)N2CCOCC2)c2ccccc2)c2ccccc2)cc1. The van der Waals surface area contributed by atoms with Crippen LogP contribution in [-0.2, 0) is 4.74 Å². The first-order chi connectivity index (χ1) is 16.3. The van der Waals surface area contributed by atoms with Crippen LogP contribution in [0, 0.1) is 0 Å². The Bertz CT molecular complexity index is 1060. The molecule has 33 heavy (non-hydrogen) atoms. The Morgan fingerprint density at radius 3 is 2.03 bits per heavy atom. The molecule has 2 amide bonds. The van der Waals surface area contributed by atoms with Crippen LogP contribution in [0.25, 0.3) is 11.1 Å². The van der Waals surface area contributed by atoms with Crippen molar-refractivity contribution >= 4 is 17.2 Å². The zero-order valence-corrected chi connectivity index (χ0v) is 19.0. The van der Waals surface area contributed by atoms with E-state index in [4.69, 9.17) is 9.47 Å². The zero-order chi connectivity index (χ0) is 22.9. The number of ether oxygens (including phenoxy) is 2. The van der Waals surface area contributed by atoms with Crippen molar-refractivity contribution in [2.24, 2.45) is 0 Å². The highest BCUT2D eigenvalue weighted by Gasteiger charge is 2.18. The molecule has 5 heteroatoms. The van der Waals surface area contributed by atoms with Crippen molar-refractivity contribution in [2.75, 3.05) is 40.0 Å². The van der Waals surface area contributed by atoms with Crippen LogP contribution < -0.4 is 10.1 Å². The number of benzene rings is 3. The Kier molecular flexibility index (Phi) is 7.77. The molecule has 1 heterocycles. The van der Waals surface area contributed by atoms with Gasteiger partial charge in [-0.15, -0.1) is 0 Å². The highest BCUT2D eigenvalue weighted by Crippen LogP contribution is 2.34. The quantitative estimate of drug-likeness (QED) is 0.519. The predicted molar refractivity (Wildman–Crippen MR) is 132 cm³/mol. The summed E-state index contributed by atoms with van der Waals surface area (Å²) in [4.78, 5) is 14.4. The second-order valence-corrected chi connectivity index (χ2v) is 7.90. The second-order valence-electron chi connectivity index (χ2n) is 7.90. The molecule has 0 atom stereocenters. The van der Waals surface area contributed by atoms with Gasteiger partial charge in [-0.3, -0.25) is 0 Å². The summed E-state index contributed by atoms with van der Waals surface area (Å²) in [6.07, 6.45) is 0.705. The summed E-state index contributed by atoms with van der Waals surface area (Å²) < 4.78 is 10.7. The molecule has 1 saturated heterocycles. The number of methoxy groups -OCH3 is 1. The minimum absolute atomic E-state index is 0.0311. The smallest absolute Gasteiger partial charge is 0.317 e. The Labute approximate surface area is 195 Å². The van der Waals surface area contributed by atoms with Gasteiger partial charge in [0.1, 0.15) is 5.75 Å². The lowest BCUT2D eigenvalue weighted by Gasteiger charge is -2.27. The molecule has 4 rings (SSSR count). The van der Waals surface area contributed by atoms with Crippen molar-refractivity contribution in [3.63, 3.8) is 0 Å². The van der Waals surface area contributed by atoms with Gasteiger partial charge in [-0.2, -0.15) is 0 Å². The third kappa shape index (κ3) is 5.82. The number of nitrogens with zero attached hydrogens (tertiary/aromatic N) is 1. The topological polar surface area (TPSA) is 50.8 Å². The normalized spacial score (nSPS) is 14.4. The maximum absolute atomic E-state index is 12.6. The van der Waals surface area contributed by atoms with Crippen molar-refractivity contribution in [3.05, 3.63) is 102 Å². The van der Waals surface area contributed by atoms with E-state index < -0.39 is 0 Å². The summed E-state index contributed by atoms with van der Waals surface area (Å²) in [6, 6.07) is 28.9. The summed E-state index contributed by atoms with van der Waals surface area (Å²) in [6.45, 7) is 3.01. The molecule has 170 valence electrons. The molecular formula is C28H30N2O3.